The van der Waals surface area contributed by atoms with E-state index in [0.29, 0.717) is 17.4 Å². The van der Waals surface area contributed by atoms with E-state index in [4.69, 9.17) is 13.9 Å². The smallest absolute Gasteiger partial charge is 0.196 e. The molecule has 5 heteroatoms. The van der Waals surface area contributed by atoms with Crippen LogP contribution in [0.5, 0.6) is 11.5 Å². The number of nitrogens with zero attached hydrogens (tertiary/aromatic N) is 1. The van der Waals surface area contributed by atoms with Gasteiger partial charge >= 0.3 is 0 Å². The van der Waals surface area contributed by atoms with Crippen LogP contribution in [0.15, 0.2) is 28.8 Å². The van der Waals surface area contributed by atoms with Crippen molar-refractivity contribution >= 4 is 0 Å². The number of nitrogens with one attached hydrogen (secondary N) is 1. The summed E-state index contributed by atoms with van der Waals surface area (Å²) >= 11 is 0. The lowest BCUT2D eigenvalue weighted by molar-refractivity contribution is 0.394. The van der Waals surface area contributed by atoms with E-state index in [2.05, 4.69) is 10.3 Å². The summed E-state index contributed by atoms with van der Waals surface area (Å²) in [6, 6.07) is 5.60. The van der Waals surface area contributed by atoms with Crippen molar-refractivity contribution in [2.75, 3.05) is 27.8 Å². The maximum absolute atomic E-state index is 5.72. The standard InChI is InChI=1S/C14H18N2O3/c1-15-7-6-14-16-9-13(19-14)11-5-4-10(17-2)8-12(11)18-3/h4-5,8-9,15H,6-7H2,1-3H3. The first-order valence-corrected chi connectivity index (χ1v) is 6.10. The summed E-state index contributed by atoms with van der Waals surface area (Å²) < 4.78 is 16.2. The van der Waals surface area contributed by atoms with Crippen molar-refractivity contribution in [3.63, 3.8) is 0 Å². The quantitative estimate of drug-likeness (QED) is 0.864. The van der Waals surface area contributed by atoms with E-state index in [1.807, 2.05) is 25.2 Å². The summed E-state index contributed by atoms with van der Waals surface area (Å²) in [5.41, 5.74) is 0.867. The number of aromatic nitrogens is 1. The van der Waals surface area contributed by atoms with Gasteiger partial charge in [-0.05, 0) is 19.2 Å². The van der Waals surface area contributed by atoms with Gasteiger partial charge in [0.15, 0.2) is 11.7 Å². The SMILES string of the molecule is CNCCc1ncc(-c2ccc(OC)cc2OC)o1. The molecule has 102 valence electrons. The molecule has 0 aliphatic carbocycles. The number of rotatable bonds is 6. The first kappa shape index (κ1) is 13.4. The third-order valence-corrected chi connectivity index (χ3v) is 2.82. The minimum Gasteiger partial charge on any atom is -0.497 e. The van der Waals surface area contributed by atoms with E-state index in [0.717, 1.165) is 24.3 Å². The third kappa shape index (κ3) is 3.06. The molecule has 0 unspecified atom stereocenters. The van der Waals surface area contributed by atoms with Gasteiger partial charge in [-0.15, -0.1) is 0 Å². The van der Waals surface area contributed by atoms with Crippen LogP contribution in [0.1, 0.15) is 5.89 Å². The van der Waals surface area contributed by atoms with Gasteiger partial charge in [0.2, 0.25) is 0 Å². The van der Waals surface area contributed by atoms with Gasteiger partial charge in [0.1, 0.15) is 11.5 Å². The molecule has 1 aromatic heterocycles. The molecule has 0 amide bonds. The van der Waals surface area contributed by atoms with Crippen LogP contribution in [0, 0.1) is 0 Å². The summed E-state index contributed by atoms with van der Waals surface area (Å²) in [4.78, 5) is 4.25. The highest BCUT2D eigenvalue weighted by Crippen LogP contribution is 2.33. The predicted octanol–water partition coefficient (Wildman–Crippen LogP) is 2.12. The second-order valence-corrected chi connectivity index (χ2v) is 4.04. The van der Waals surface area contributed by atoms with E-state index >= 15 is 0 Å². The minimum absolute atomic E-state index is 0.700. The first-order valence-electron chi connectivity index (χ1n) is 6.10. The molecule has 2 aromatic rings. The lowest BCUT2D eigenvalue weighted by Gasteiger charge is -2.07. The van der Waals surface area contributed by atoms with Crippen molar-refractivity contribution in [3.05, 3.63) is 30.3 Å². The van der Waals surface area contributed by atoms with Crippen LogP contribution in [-0.2, 0) is 6.42 Å². The highest BCUT2D eigenvalue weighted by molar-refractivity contribution is 5.66. The van der Waals surface area contributed by atoms with Gasteiger partial charge in [-0.2, -0.15) is 0 Å². The van der Waals surface area contributed by atoms with Crippen LogP contribution in [0.4, 0.5) is 0 Å². The van der Waals surface area contributed by atoms with Crippen LogP contribution >= 0.6 is 0 Å². The topological polar surface area (TPSA) is 56.5 Å². The van der Waals surface area contributed by atoms with Gasteiger partial charge in [0.05, 0.1) is 26.0 Å². The average molecular weight is 262 g/mol. The maximum Gasteiger partial charge on any atom is 0.196 e. The molecular weight excluding hydrogens is 244 g/mol. The number of benzene rings is 1. The minimum atomic E-state index is 0.700. The zero-order valence-corrected chi connectivity index (χ0v) is 11.4. The number of ether oxygens (including phenoxy) is 2. The van der Waals surface area contributed by atoms with Crippen LogP contribution in [0.25, 0.3) is 11.3 Å². The number of hydrogen-bond acceptors (Lipinski definition) is 5. The predicted molar refractivity (Wildman–Crippen MR) is 72.7 cm³/mol. The van der Waals surface area contributed by atoms with Crippen molar-refractivity contribution in [1.82, 2.24) is 10.3 Å². The van der Waals surface area contributed by atoms with E-state index in [1.54, 1.807) is 20.4 Å². The van der Waals surface area contributed by atoms with Crippen molar-refractivity contribution < 1.29 is 13.9 Å². The highest BCUT2D eigenvalue weighted by atomic mass is 16.5. The Morgan fingerprint density at radius 3 is 2.79 bits per heavy atom. The molecular formula is C14H18N2O3. The summed E-state index contributed by atoms with van der Waals surface area (Å²) in [6.07, 6.45) is 2.48. The maximum atomic E-state index is 5.72. The first-order chi connectivity index (χ1) is 9.28. The summed E-state index contributed by atoms with van der Waals surface area (Å²) in [5.74, 6) is 2.86. The van der Waals surface area contributed by atoms with E-state index in [1.165, 1.54) is 0 Å². The third-order valence-electron chi connectivity index (χ3n) is 2.82. The van der Waals surface area contributed by atoms with Crippen LogP contribution in [0.3, 0.4) is 0 Å². The molecule has 1 aromatic carbocycles. The van der Waals surface area contributed by atoms with Gasteiger partial charge in [-0.25, -0.2) is 4.98 Å². The van der Waals surface area contributed by atoms with Gasteiger partial charge in [0, 0.05) is 19.0 Å². The van der Waals surface area contributed by atoms with Crippen LogP contribution in [0.2, 0.25) is 0 Å². The van der Waals surface area contributed by atoms with Gasteiger partial charge in [-0.3, -0.25) is 0 Å². The summed E-state index contributed by atoms with van der Waals surface area (Å²) in [5, 5.41) is 3.06. The summed E-state index contributed by atoms with van der Waals surface area (Å²) in [7, 11) is 5.14. The van der Waals surface area contributed by atoms with E-state index in [-0.39, 0.29) is 0 Å². The molecule has 0 atom stereocenters. The highest BCUT2D eigenvalue weighted by Gasteiger charge is 2.12. The molecule has 0 radical (unpaired) electrons. The Morgan fingerprint density at radius 2 is 2.11 bits per heavy atom. The van der Waals surface area contributed by atoms with Crippen molar-refractivity contribution in [1.29, 1.82) is 0 Å². The largest absolute Gasteiger partial charge is 0.497 e. The number of hydrogen-bond donors (Lipinski definition) is 1. The second kappa shape index (κ2) is 6.24. The number of methoxy groups -OCH3 is 2. The Hall–Kier alpha value is -2.01. The zero-order chi connectivity index (χ0) is 13.7. The van der Waals surface area contributed by atoms with Crippen molar-refractivity contribution in [2.45, 2.75) is 6.42 Å². The molecule has 0 aliphatic heterocycles. The Balaban J connectivity index is 2.27. The lowest BCUT2D eigenvalue weighted by Crippen LogP contribution is -2.10. The molecule has 0 aliphatic rings. The lowest BCUT2D eigenvalue weighted by atomic mass is 10.1. The van der Waals surface area contributed by atoms with E-state index in [9.17, 15) is 0 Å². The Bertz CT molecular complexity index is 537. The fourth-order valence-electron chi connectivity index (χ4n) is 1.78. The van der Waals surface area contributed by atoms with E-state index < -0.39 is 0 Å². The molecule has 0 bridgehead atoms. The molecule has 19 heavy (non-hydrogen) atoms. The molecule has 1 heterocycles. The molecule has 0 spiro atoms. The molecule has 2 rings (SSSR count). The monoisotopic (exact) mass is 262 g/mol. The average Bonchev–Trinajstić information content (AvgIpc) is 2.92. The van der Waals surface area contributed by atoms with Gasteiger partial charge < -0.3 is 19.2 Å². The molecule has 5 nitrogen and oxygen atoms in total. The Labute approximate surface area is 112 Å². The summed E-state index contributed by atoms with van der Waals surface area (Å²) in [6.45, 7) is 0.833. The molecule has 0 saturated carbocycles. The van der Waals surface area contributed by atoms with Crippen molar-refractivity contribution in [2.24, 2.45) is 0 Å². The molecule has 0 fully saturated rings. The molecule has 1 N–H and O–H groups in total. The molecule has 0 saturated heterocycles. The Kier molecular flexibility index (Phi) is 4.41. The Morgan fingerprint density at radius 1 is 1.26 bits per heavy atom. The van der Waals surface area contributed by atoms with Gasteiger partial charge in [-0.1, -0.05) is 0 Å². The second-order valence-electron chi connectivity index (χ2n) is 4.04. The number of oxazole rings is 1. The van der Waals surface area contributed by atoms with Crippen molar-refractivity contribution in [3.8, 4) is 22.8 Å². The number of likely N-dealkylation sites (N-methyl/N-ethyl adjacent to an activating group) is 1. The zero-order valence-electron chi connectivity index (χ0n) is 11.4. The van der Waals surface area contributed by atoms with Gasteiger partial charge in [0.25, 0.3) is 0 Å². The van der Waals surface area contributed by atoms with Crippen LogP contribution in [-0.4, -0.2) is 32.8 Å². The fourth-order valence-corrected chi connectivity index (χ4v) is 1.78. The fraction of sp³-hybridized carbons (Fsp3) is 0.357. The normalized spacial score (nSPS) is 10.5. The van der Waals surface area contributed by atoms with Crippen LogP contribution < -0.4 is 14.8 Å².